The molecule has 6 rings (SSSR count). The summed E-state index contributed by atoms with van der Waals surface area (Å²) in [6, 6.07) is 5.40. The third-order valence-electron chi connectivity index (χ3n) is 8.22. The van der Waals surface area contributed by atoms with Crippen LogP contribution in [0.1, 0.15) is 56.5 Å². The molecule has 2 saturated heterocycles. The maximum absolute atomic E-state index is 16.0. The number of rotatable bonds is 6. The summed E-state index contributed by atoms with van der Waals surface area (Å²) in [5, 5.41) is 23.1. The van der Waals surface area contributed by atoms with Gasteiger partial charge in [-0.1, -0.05) is 6.07 Å². The van der Waals surface area contributed by atoms with Crippen LogP contribution in [0, 0.1) is 5.82 Å². The Balaban J connectivity index is 1.26. The number of nitrogens with one attached hydrogen (secondary N) is 1. The van der Waals surface area contributed by atoms with Crippen molar-refractivity contribution in [1.29, 1.82) is 0 Å². The van der Waals surface area contributed by atoms with Gasteiger partial charge in [0.2, 0.25) is 11.8 Å². The number of phenolic OH excluding ortho intramolecular Hbond substituents is 1. The SMILES string of the molecule is [2H]C([2H])([2H])Oc1cc(-c2ccc(-c3cnc(N(C4CC4)[C@H]4C[C@]5(C)CCC[C@@](C)(N5)[C@H]4F)nn3)c(O)c2)c(F)cn1. The van der Waals surface area contributed by atoms with E-state index in [-0.39, 0.29) is 40.4 Å². The molecule has 4 heterocycles. The lowest BCUT2D eigenvalue weighted by Gasteiger charge is -2.57. The second-order valence-corrected chi connectivity index (χ2v) is 11.2. The molecule has 8 nitrogen and oxygen atoms in total. The van der Waals surface area contributed by atoms with E-state index in [1.807, 2.05) is 11.8 Å². The van der Waals surface area contributed by atoms with Gasteiger partial charge in [-0.2, -0.15) is 0 Å². The van der Waals surface area contributed by atoms with Crippen LogP contribution >= 0.6 is 0 Å². The Morgan fingerprint density at radius 2 is 1.97 bits per heavy atom. The molecule has 0 radical (unpaired) electrons. The van der Waals surface area contributed by atoms with Crippen LogP contribution in [0.3, 0.4) is 0 Å². The summed E-state index contributed by atoms with van der Waals surface area (Å²) in [6.07, 6.45) is 6.59. The molecule has 1 saturated carbocycles. The minimum Gasteiger partial charge on any atom is -0.507 e. The van der Waals surface area contributed by atoms with E-state index in [4.69, 9.17) is 8.85 Å². The van der Waals surface area contributed by atoms with Gasteiger partial charge in [0, 0.05) is 34.3 Å². The lowest BCUT2D eigenvalue weighted by atomic mass is 9.68. The quantitative estimate of drug-likeness (QED) is 0.473. The normalized spacial score (nSPS) is 30.2. The van der Waals surface area contributed by atoms with Crippen LogP contribution in [0.5, 0.6) is 11.6 Å². The molecule has 2 N–H and O–H groups in total. The summed E-state index contributed by atoms with van der Waals surface area (Å²) in [5.74, 6) is -0.813. The highest BCUT2D eigenvalue weighted by atomic mass is 19.1. The highest BCUT2D eigenvalue weighted by molar-refractivity contribution is 5.74. The van der Waals surface area contributed by atoms with Gasteiger partial charge < -0.3 is 20.1 Å². The van der Waals surface area contributed by atoms with Gasteiger partial charge in [-0.15, -0.1) is 10.2 Å². The Bertz CT molecular complexity index is 1460. The molecular weight excluding hydrogens is 490 g/mol. The van der Waals surface area contributed by atoms with Gasteiger partial charge in [-0.05, 0) is 70.1 Å². The number of fused-ring (bicyclic) bond motifs is 2. The molecule has 0 unspecified atom stereocenters. The fraction of sp³-hybridized carbons (Fsp3) is 0.500. The number of alkyl halides is 1. The van der Waals surface area contributed by atoms with E-state index in [9.17, 15) is 9.50 Å². The Kier molecular flexibility index (Phi) is 5.16. The number of aromatic nitrogens is 4. The summed E-state index contributed by atoms with van der Waals surface area (Å²) < 4.78 is 57.0. The first kappa shape index (κ1) is 21.5. The highest BCUT2D eigenvalue weighted by Gasteiger charge is 2.56. The number of benzene rings is 1. The Morgan fingerprint density at radius 1 is 1.13 bits per heavy atom. The fourth-order valence-electron chi connectivity index (χ4n) is 6.31. The summed E-state index contributed by atoms with van der Waals surface area (Å²) >= 11 is 0. The number of methoxy groups -OCH3 is 1. The smallest absolute Gasteiger partial charge is 0.245 e. The second-order valence-electron chi connectivity index (χ2n) is 11.2. The molecule has 0 spiro atoms. The van der Waals surface area contributed by atoms with Crippen molar-refractivity contribution < 1.29 is 22.7 Å². The minimum atomic E-state index is -2.74. The number of piperidine rings is 2. The van der Waals surface area contributed by atoms with Crippen LogP contribution in [-0.2, 0) is 0 Å². The van der Waals surface area contributed by atoms with Crippen molar-refractivity contribution in [2.75, 3.05) is 11.9 Å². The van der Waals surface area contributed by atoms with E-state index < -0.39 is 24.6 Å². The van der Waals surface area contributed by atoms with Gasteiger partial charge in [-0.25, -0.2) is 18.7 Å². The third kappa shape index (κ3) is 4.34. The van der Waals surface area contributed by atoms with Crippen LogP contribution < -0.4 is 15.0 Å². The molecule has 3 aliphatic rings. The van der Waals surface area contributed by atoms with Crippen LogP contribution in [0.15, 0.2) is 36.7 Å². The summed E-state index contributed by atoms with van der Waals surface area (Å²) in [5.41, 5.74) is 0.168. The molecule has 38 heavy (non-hydrogen) atoms. The van der Waals surface area contributed by atoms with E-state index in [1.54, 1.807) is 12.1 Å². The Labute approximate surface area is 224 Å². The average molecular weight is 526 g/mol. The van der Waals surface area contributed by atoms with Gasteiger partial charge in [0.1, 0.15) is 23.4 Å². The van der Waals surface area contributed by atoms with Crippen molar-refractivity contribution in [3.05, 3.63) is 42.5 Å². The Hall–Kier alpha value is -3.40. The first-order valence-electron chi connectivity index (χ1n) is 14.4. The number of hydrogen-bond acceptors (Lipinski definition) is 8. The van der Waals surface area contributed by atoms with Crippen molar-refractivity contribution in [1.82, 2.24) is 25.5 Å². The van der Waals surface area contributed by atoms with Gasteiger partial charge in [0.15, 0.2) is 0 Å². The van der Waals surface area contributed by atoms with Gasteiger partial charge >= 0.3 is 0 Å². The number of aromatic hydroxyl groups is 1. The number of halogens is 2. The predicted molar refractivity (Wildman–Crippen MR) is 139 cm³/mol. The molecule has 4 atom stereocenters. The number of phenols is 1. The predicted octanol–water partition coefficient (Wildman–Crippen LogP) is 4.82. The van der Waals surface area contributed by atoms with E-state index in [1.165, 1.54) is 12.3 Å². The van der Waals surface area contributed by atoms with Gasteiger partial charge in [-0.3, -0.25) is 0 Å². The molecule has 0 amide bonds. The lowest BCUT2D eigenvalue weighted by molar-refractivity contribution is 0.0000874. The van der Waals surface area contributed by atoms with E-state index >= 15 is 4.39 Å². The summed E-state index contributed by atoms with van der Waals surface area (Å²) in [4.78, 5) is 10.2. The molecule has 2 aliphatic heterocycles. The number of ether oxygens (including phenoxy) is 1. The fourth-order valence-corrected chi connectivity index (χ4v) is 6.31. The molecule has 200 valence electrons. The zero-order valence-corrected chi connectivity index (χ0v) is 21.3. The van der Waals surface area contributed by atoms with E-state index in [2.05, 4.69) is 32.4 Å². The van der Waals surface area contributed by atoms with Crippen LogP contribution in [0.4, 0.5) is 14.7 Å². The van der Waals surface area contributed by atoms with E-state index in [0.717, 1.165) is 44.4 Å². The lowest BCUT2D eigenvalue weighted by Crippen LogP contribution is -2.73. The standard InChI is InChI=1S/C28H32F2N6O2/c1-27-9-4-10-28(2,35-27)25(30)22(13-27)36(17-6-7-17)26-32-15-21(33-34-26)18-8-5-16(11-23(18)37)19-12-24(38-3)31-14-20(19)29/h5,8,11-12,14-15,17,22,25,35,37H,4,6-7,9-10,13H2,1-3H3/t22-,25-,27-,28+/m0/s1/i3D3. The molecule has 3 aromatic rings. The van der Waals surface area contributed by atoms with Crippen molar-refractivity contribution in [2.24, 2.45) is 0 Å². The molecule has 10 heteroatoms. The average Bonchev–Trinajstić information content (AvgIpc) is 3.73. The molecule has 3 fully saturated rings. The first-order chi connectivity index (χ1) is 19.3. The molecule has 2 aromatic heterocycles. The number of pyridine rings is 1. The number of anilines is 1. The third-order valence-corrected chi connectivity index (χ3v) is 8.22. The molecular formula is C28H32F2N6O2. The topological polar surface area (TPSA) is 96.3 Å². The highest BCUT2D eigenvalue weighted by Crippen LogP contribution is 2.46. The summed E-state index contributed by atoms with van der Waals surface area (Å²) in [7, 11) is -2.74. The second kappa shape index (κ2) is 9.11. The number of nitrogens with zero attached hydrogens (tertiary/aromatic N) is 5. The largest absolute Gasteiger partial charge is 0.507 e. The van der Waals surface area contributed by atoms with Crippen molar-refractivity contribution >= 4 is 5.95 Å². The first-order valence-corrected chi connectivity index (χ1v) is 12.9. The molecule has 1 aromatic carbocycles. The van der Waals surface area contributed by atoms with Crippen molar-refractivity contribution in [3.8, 4) is 34.0 Å². The van der Waals surface area contributed by atoms with Crippen LogP contribution in [-0.4, -0.2) is 61.6 Å². The van der Waals surface area contributed by atoms with Gasteiger partial charge in [0.05, 0.1) is 29.6 Å². The summed E-state index contributed by atoms with van der Waals surface area (Å²) in [6.45, 7) is 4.14. The maximum Gasteiger partial charge on any atom is 0.245 e. The number of hydrogen-bond donors (Lipinski definition) is 2. The maximum atomic E-state index is 16.0. The van der Waals surface area contributed by atoms with E-state index in [0.29, 0.717) is 23.6 Å². The zero-order valence-electron chi connectivity index (χ0n) is 24.3. The Morgan fingerprint density at radius 3 is 2.68 bits per heavy atom. The van der Waals surface area contributed by atoms with Crippen LogP contribution in [0.2, 0.25) is 0 Å². The molecule has 1 aliphatic carbocycles. The molecule has 2 bridgehead atoms. The van der Waals surface area contributed by atoms with Crippen LogP contribution in [0.25, 0.3) is 22.4 Å². The van der Waals surface area contributed by atoms with Crippen molar-refractivity contribution in [3.63, 3.8) is 0 Å². The minimum absolute atomic E-state index is 0.00985. The zero-order chi connectivity index (χ0) is 29.2. The van der Waals surface area contributed by atoms with Crippen molar-refractivity contribution in [2.45, 2.75) is 81.7 Å². The van der Waals surface area contributed by atoms with Gasteiger partial charge in [0.25, 0.3) is 0 Å². The monoisotopic (exact) mass is 525 g/mol.